The molecule has 0 saturated carbocycles. The minimum Gasteiger partial charge on any atom is -0.294 e. The van der Waals surface area contributed by atoms with Crippen molar-refractivity contribution >= 4 is 52.2 Å². The molecule has 0 fully saturated rings. The Morgan fingerprint density at radius 2 is 0.902 bits per heavy atom. The Balaban J connectivity index is 0.000000172. The van der Waals surface area contributed by atoms with Gasteiger partial charge in [-0.05, 0) is 71.8 Å². The maximum Gasteiger partial charge on any atom is 0.171 e. The molecule has 6 rings (SSSR count). The lowest BCUT2D eigenvalue weighted by molar-refractivity contribution is 0.0981. The summed E-state index contributed by atoms with van der Waals surface area (Å²) in [6, 6.07) is 40.0. The third-order valence-corrected chi connectivity index (χ3v) is 8.29. The second kappa shape index (κ2) is 19.4. The van der Waals surface area contributed by atoms with E-state index >= 15 is 0 Å². The molecule has 6 aromatic rings. The number of carbonyl (C=O) groups excluding carboxylic acids is 3. The van der Waals surface area contributed by atoms with Crippen molar-refractivity contribution in [3.8, 4) is 0 Å². The van der Waals surface area contributed by atoms with Gasteiger partial charge in [-0.3, -0.25) is 14.4 Å². The van der Waals surface area contributed by atoms with Gasteiger partial charge < -0.3 is 0 Å². The first kappa shape index (κ1) is 38.8. The van der Waals surface area contributed by atoms with Crippen LogP contribution in [0.1, 0.15) is 47.8 Å². The van der Waals surface area contributed by atoms with Crippen LogP contribution in [-0.4, -0.2) is 17.3 Å². The van der Waals surface area contributed by atoms with Gasteiger partial charge in [0.25, 0.3) is 0 Å². The molecule has 51 heavy (non-hydrogen) atoms. The normalized spacial score (nSPS) is 10.2. The van der Waals surface area contributed by atoms with E-state index in [2.05, 4.69) is 0 Å². The molecule has 6 aromatic carbocycles. The molecule has 0 N–H and O–H groups in total. The van der Waals surface area contributed by atoms with Crippen LogP contribution >= 0.6 is 34.8 Å². The highest BCUT2D eigenvalue weighted by Crippen LogP contribution is 2.21. The second-order valence-corrected chi connectivity index (χ2v) is 12.3. The molecule has 3 nitrogen and oxygen atoms in total. The van der Waals surface area contributed by atoms with Gasteiger partial charge >= 0.3 is 0 Å². The van der Waals surface area contributed by atoms with Crippen LogP contribution in [0.25, 0.3) is 0 Å². The predicted octanol–water partition coefficient (Wildman–Crippen LogP) is 11.7. The highest BCUT2D eigenvalue weighted by atomic mass is 35.5. The maximum absolute atomic E-state index is 13.5. The number of benzene rings is 6. The van der Waals surface area contributed by atoms with E-state index in [1.165, 1.54) is 36.4 Å². The molecule has 258 valence electrons. The van der Waals surface area contributed by atoms with Crippen molar-refractivity contribution in [3.05, 3.63) is 211 Å². The molecular weight excluding hydrogens is 716 g/mol. The summed E-state index contributed by atoms with van der Waals surface area (Å²) in [4.78, 5) is 35.7. The average Bonchev–Trinajstić information content (AvgIpc) is 3.12. The van der Waals surface area contributed by atoms with Gasteiger partial charge in [0.1, 0.15) is 17.5 Å². The third kappa shape index (κ3) is 11.8. The van der Waals surface area contributed by atoms with Crippen LogP contribution in [0.5, 0.6) is 0 Å². The first-order valence-corrected chi connectivity index (χ1v) is 16.7. The predicted molar refractivity (Wildman–Crippen MR) is 198 cm³/mol. The summed E-state index contributed by atoms with van der Waals surface area (Å²) in [6.45, 7) is 0. The van der Waals surface area contributed by atoms with Crippen LogP contribution in [0.3, 0.4) is 0 Å². The largest absolute Gasteiger partial charge is 0.294 e. The zero-order valence-electron chi connectivity index (χ0n) is 27.0. The van der Waals surface area contributed by atoms with Crippen molar-refractivity contribution in [3.63, 3.8) is 0 Å². The number of hydrogen-bond acceptors (Lipinski definition) is 3. The molecule has 0 aliphatic carbocycles. The van der Waals surface area contributed by atoms with E-state index in [9.17, 15) is 27.6 Å². The smallest absolute Gasteiger partial charge is 0.171 e. The summed E-state index contributed by atoms with van der Waals surface area (Å²) in [5, 5.41) is 1.18. The van der Waals surface area contributed by atoms with Gasteiger partial charge in [0, 0.05) is 41.0 Å². The summed E-state index contributed by atoms with van der Waals surface area (Å²) in [5.74, 6) is -2.60. The summed E-state index contributed by atoms with van der Waals surface area (Å²) < 4.78 is 40.3. The molecule has 0 heterocycles. The molecule has 0 radical (unpaired) electrons. The van der Waals surface area contributed by atoms with Crippen molar-refractivity contribution in [2.24, 2.45) is 0 Å². The van der Waals surface area contributed by atoms with E-state index in [1.54, 1.807) is 24.3 Å². The number of hydrogen-bond donors (Lipinski definition) is 0. The summed E-state index contributed by atoms with van der Waals surface area (Å²) in [6.07, 6.45) is 0.242. The van der Waals surface area contributed by atoms with Crippen molar-refractivity contribution < 1.29 is 27.6 Å². The monoisotopic (exact) mass is 744 g/mol. The van der Waals surface area contributed by atoms with Crippen molar-refractivity contribution in [2.45, 2.75) is 19.3 Å². The number of Topliss-reactive ketones (excluding diaryl/α,β-unsaturated/α-hetero) is 3. The SMILES string of the molecule is O=C(Cc1c(F)cccc1F)c1ccc(Cl)cc1.O=C(Cc1ccccc1)c1c(F)cccc1Cl.O=C(Cc1ccccc1)c1ccccc1Cl. The van der Waals surface area contributed by atoms with Crippen LogP contribution in [0.15, 0.2) is 146 Å². The van der Waals surface area contributed by atoms with Crippen molar-refractivity contribution in [2.75, 3.05) is 0 Å². The minimum atomic E-state index is -0.711. The first-order valence-electron chi connectivity index (χ1n) is 15.6. The number of carbonyl (C=O) groups is 3. The lowest BCUT2D eigenvalue weighted by atomic mass is 10.0. The van der Waals surface area contributed by atoms with Crippen LogP contribution in [0, 0.1) is 17.5 Å². The van der Waals surface area contributed by atoms with Gasteiger partial charge in [0.2, 0.25) is 0 Å². The second-order valence-electron chi connectivity index (χ2n) is 11.1. The average molecular weight is 746 g/mol. The molecule has 0 spiro atoms. The Hall–Kier alpha value is -5.01. The van der Waals surface area contributed by atoms with Crippen molar-refractivity contribution in [1.29, 1.82) is 0 Å². The molecule has 9 heteroatoms. The van der Waals surface area contributed by atoms with Crippen LogP contribution in [0.2, 0.25) is 15.1 Å². The molecule has 0 aliphatic rings. The Morgan fingerprint density at radius 1 is 0.431 bits per heavy atom. The molecule has 0 amide bonds. The summed E-state index contributed by atoms with van der Waals surface area (Å²) in [5.41, 5.74) is 2.58. The molecular formula is C42H30Cl3F3O3. The summed E-state index contributed by atoms with van der Waals surface area (Å²) >= 11 is 17.5. The lowest BCUT2D eigenvalue weighted by Crippen LogP contribution is -2.07. The molecule has 0 saturated heterocycles. The molecule has 0 bridgehead atoms. The van der Waals surface area contributed by atoms with Gasteiger partial charge in [0.15, 0.2) is 17.3 Å². The van der Waals surface area contributed by atoms with E-state index < -0.39 is 17.5 Å². The Labute approximate surface area is 309 Å². The van der Waals surface area contributed by atoms with E-state index in [1.807, 2.05) is 72.8 Å². The quantitative estimate of drug-likeness (QED) is 0.138. The van der Waals surface area contributed by atoms with Gasteiger partial charge in [-0.2, -0.15) is 0 Å². The van der Waals surface area contributed by atoms with E-state index in [0.717, 1.165) is 23.3 Å². The zero-order chi connectivity index (χ0) is 36.8. The van der Waals surface area contributed by atoms with Crippen molar-refractivity contribution in [1.82, 2.24) is 0 Å². The Kier molecular flexibility index (Phi) is 14.8. The molecule has 0 unspecified atom stereocenters. The third-order valence-electron chi connectivity index (χ3n) is 7.40. The van der Waals surface area contributed by atoms with Crippen LogP contribution < -0.4 is 0 Å². The van der Waals surface area contributed by atoms with E-state index in [4.69, 9.17) is 34.8 Å². The van der Waals surface area contributed by atoms with Gasteiger partial charge in [-0.25, -0.2) is 13.2 Å². The maximum atomic E-state index is 13.5. The minimum absolute atomic E-state index is 0.0296. The number of ketones is 3. The van der Waals surface area contributed by atoms with Gasteiger partial charge in [-0.15, -0.1) is 0 Å². The molecule has 0 aliphatic heterocycles. The first-order chi connectivity index (χ1) is 24.5. The molecule has 0 atom stereocenters. The highest BCUT2D eigenvalue weighted by molar-refractivity contribution is 6.34. The fourth-order valence-corrected chi connectivity index (χ4v) is 5.43. The van der Waals surface area contributed by atoms with Crippen LogP contribution in [0.4, 0.5) is 13.2 Å². The van der Waals surface area contributed by atoms with E-state index in [0.29, 0.717) is 27.6 Å². The lowest BCUT2D eigenvalue weighted by Gasteiger charge is -2.04. The highest BCUT2D eigenvalue weighted by Gasteiger charge is 2.16. The van der Waals surface area contributed by atoms with Crippen LogP contribution in [-0.2, 0) is 19.3 Å². The van der Waals surface area contributed by atoms with Gasteiger partial charge in [0.05, 0.1) is 15.6 Å². The topological polar surface area (TPSA) is 51.2 Å². The van der Waals surface area contributed by atoms with Gasteiger partial charge in [-0.1, -0.05) is 120 Å². The fraction of sp³-hybridized carbons (Fsp3) is 0.0714. The number of rotatable bonds is 9. The zero-order valence-corrected chi connectivity index (χ0v) is 29.2. The Bertz CT molecular complexity index is 2050. The number of halogens is 6. The molecule has 0 aromatic heterocycles. The Morgan fingerprint density at radius 3 is 1.45 bits per heavy atom. The fourth-order valence-electron chi connectivity index (χ4n) is 4.80. The summed E-state index contributed by atoms with van der Waals surface area (Å²) in [7, 11) is 0. The van der Waals surface area contributed by atoms with E-state index in [-0.39, 0.29) is 46.3 Å². The standard InChI is InChI=1S/C14H9ClF2O.C14H10ClFO.C14H11ClO/c15-10-6-4-9(5-7-10)14(18)8-11-12(16)2-1-3-13(11)17;15-11-7-4-8-12(16)14(11)13(17)9-10-5-2-1-3-6-10;15-13-9-5-4-8-12(13)14(16)10-11-6-2-1-3-7-11/h1-7H,8H2;1-8H,9H2;1-9H,10H2.